The molecule has 0 radical (unpaired) electrons. The molecule has 19 heavy (non-hydrogen) atoms. The highest BCUT2D eigenvalue weighted by atomic mass is 35.5. The van der Waals surface area contributed by atoms with Crippen LogP contribution in [-0.4, -0.2) is 20.5 Å². The van der Waals surface area contributed by atoms with E-state index in [0.29, 0.717) is 6.42 Å². The third-order valence-corrected chi connectivity index (χ3v) is 4.99. The summed E-state index contributed by atoms with van der Waals surface area (Å²) in [6.45, 7) is 0. The van der Waals surface area contributed by atoms with Crippen LogP contribution in [0.15, 0.2) is 23.1 Å². The minimum absolute atomic E-state index is 0.0727. The van der Waals surface area contributed by atoms with Crippen molar-refractivity contribution in [3.8, 4) is 6.07 Å². The van der Waals surface area contributed by atoms with E-state index < -0.39 is 10.0 Å². The molecule has 1 aromatic rings. The van der Waals surface area contributed by atoms with Crippen molar-refractivity contribution in [1.82, 2.24) is 4.72 Å². The van der Waals surface area contributed by atoms with Gasteiger partial charge in [-0.25, -0.2) is 13.1 Å². The number of nitrogens with one attached hydrogen (secondary N) is 1. The molecule has 7 heteroatoms. The van der Waals surface area contributed by atoms with Crippen LogP contribution >= 0.6 is 11.6 Å². The second-order valence-corrected chi connectivity index (χ2v) is 6.69. The number of sulfonamides is 1. The Labute approximate surface area is 117 Å². The van der Waals surface area contributed by atoms with Crippen LogP contribution in [0.5, 0.6) is 0 Å². The summed E-state index contributed by atoms with van der Waals surface area (Å²) in [4.78, 5) is -0.0957. The van der Waals surface area contributed by atoms with E-state index in [1.807, 2.05) is 6.07 Å². The molecule has 0 saturated heterocycles. The van der Waals surface area contributed by atoms with E-state index in [1.165, 1.54) is 18.2 Å². The third-order valence-electron chi connectivity index (χ3n) is 3.23. The van der Waals surface area contributed by atoms with Gasteiger partial charge in [0.2, 0.25) is 10.0 Å². The van der Waals surface area contributed by atoms with Crippen molar-refractivity contribution < 1.29 is 8.42 Å². The fourth-order valence-corrected chi connectivity index (χ4v) is 3.95. The average Bonchev–Trinajstić information content (AvgIpc) is 2.74. The second-order valence-electron chi connectivity index (χ2n) is 4.57. The van der Waals surface area contributed by atoms with Crippen LogP contribution in [0, 0.1) is 11.3 Å². The van der Waals surface area contributed by atoms with Crippen LogP contribution in [0.1, 0.15) is 24.8 Å². The van der Waals surface area contributed by atoms with E-state index in [0.717, 1.165) is 12.8 Å². The molecule has 2 rings (SSSR count). The molecule has 102 valence electrons. The molecule has 1 aliphatic rings. The summed E-state index contributed by atoms with van der Waals surface area (Å²) in [5, 5.41) is 9.25. The van der Waals surface area contributed by atoms with Crippen LogP contribution in [0.2, 0.25) is 5.02 Å². The number of nitrogens with two attached hydrogens (primary N) is 1. The molecule has 0 aromatic heterocycles. The minimum atomic E-state index is -3.78. The van der Waals surface area contributed by atoms with Gasteiger partial charge in [-0.05, 0) is 31.0 Å². The highest BCUT2D eigenvalue weighted by molar-refractivity contribution is 7.89. The summed E-state index contributed by atoms with van der Waals surface area (Å²) < 4.78 is 27.1. The van der Waals surface area contributed by atoms with Crippen molar-refractivity contribution in [1.29, 1.82) is 5.26 Å². The molecule has 5 nitrogen and oxygen atoms in total. The number of benzene rings is 1. The highest BCUT2D eigenvalue weighted by Crippen LogP contribution is 2.23. The smallest absolute Gasteiger partial charge is 0.242 e. The number of nitriles is 1. The molecule has 0 aliphatic heterocycles. The molecule has 2 unspecified atom stereocenters. The first-order chi connectivity index (χ1) is 8.94. The summed E-state index contributed by atoms with van der Waals surface area (Å²) in [7, 11) is -3.78. The first kappa shape index (κ1) is 14.3. The Morgan fingerprint density at radius 2 is 2.16 bits per heavy atom. The van der Waals surface area contributed by atoms with E-state index in [2.05, 4.69) is 4.72 Å². The van der Waals surface area contributed by atoms with Crippen molar-refractivity contribution in [2.75, 3.05) is 0 Å². The summed E-state index contributed by atoms with van der Waals surface area (Å²) in [5.74, 6) is 0. The highest BCUT2D eigenvalue weighted by Gasteiger charge is 2.30. The maximum Gasteiger partial charge on any atom is 0.242 e. The van der Waals surface area contributed by atoms with E-state index in [-0.39, 0.29) is 27.6 Å². The fraction of sp³-hybridized carbons (Fsp3) is 0.417. The van der Waals surface area contributed by atoms with E-state index in [1.54, 1.807) is 0 Å². The average molecular weight is 300 g/mol. The van der Waals surface area contributed by atoms with Crippen molar-refractivity contribution in [2.45, 2.75) is 36.2 Å². The Hall–Kier alpha value is -1.13. The normalized spacial score (nSPS) is 23.2. The molecule has 1 fully saturated rings. The van der Waals surface area contributed by atoms with Gasteiger partial charge in [0, 0.05) is 17.1 Å². The van der Waals surface area contributed by atoms with Crippen LogP contribution in [0.4, 0.5) is 0 Å². The zero-order valence-electron chi connectivity index (χ0n) is 10.1. The minimum Gasteiger partial charge on any atom is -0.326 e. The van der Waals surface area contributed by atoms with Crippen molar-refractivity contribution in [2.24, 2.45) is 5.73 Å². The van der Waals surface area contributed by atoms with Gasteiger partial charge >= 0.3 is 0 Å². The first-order valence-corrected chi connectivity index (χ1v) is 7.78. The lowest BCUT2D eigenvalue weighted by atomic mass is 10.2. The molecule has 1 aliphatic carbocycles. The quantitative estimate of drug-likeness (QED) is 0.881. The first-order valence-electron chi connectivity index (χ1n) is 5.91. The van der Waals surface area contributed by atoms with Gasteiger partial charge in [0.25, 0.3) is 0 Å². The second kappa shape index (κ2) is 5.47. The van der Waals surface area contributed by atoms with Gasteiger partial charge in [0.05, 0.1) is 5.56 Å². The maximum atomic E-state index is 12.3. The molecular weight excluding hydrogens is 286 g/mol. The van der Waals surface area contributed by atoms with Gasteiger partial charge in [-0.3, -0.25) is 0 Å². The molecule has 0 heterocycles. The van der Waals surface area contributed by atoms with Crippen molar-refractivity contribution in [3.05, 3.63) is 28.8 Å². The molecule has 0 bridgehead atoms. The Kier molecular flexibility index (Phi) is 4.11. The molecule has 0 spiro atoms. The summed E-state index contributed by atoms with van der Waals surface area (Å²) in [6.07, 6.45) is 2.41. The van der Waals surface area contributed by atoms with Gasteiger partial charge < -0.3 is 5.73 Å². The van der Waals surface area contributed by atoms with Crippen LogP contribution in [0.25, 0.3) is 0 Å². The Morgan fingerprint density at radius 3 is 2.74 bits per heavy atom. The van der Waals surface area contributed by atoms with Crippen LogP contribution in [-0.2, 0) is 10.0 Å². The molecular formula is C12H14ClN3O2S. The molecule has 3 N–H and O–H groups in total. The summed E-state index contributed by atoms with van der Waals surface area (Å²) >= 11 is 5.80. The van der Waals surface area contributed by atoms with Gasteiger partial charge in [-0.15, -0.1) is 0 Å². The van der Waals surface area contributed by atoms with Gasteiger partial charge in [-0.1, -0.05) is 18.0 Å². The third kappa shape index (κ3) is 3.07. The topological polar surface area (TPSA) is 96.0 Å². The summed E-state index contributed by atoms with van der Waals surface area (Å²) in [6, 6.07) is 5.55. The predicted molar refractivity (Wildman–Crippen MR) is 72.1 cm³/mol. The van der Waals surface area contributed by atoms with Crippen molar-refractivity contribution in [3.63, 3.8) is 0 Å². The molecule has 2 atom stereocenters. The predicted octanol–water partition coefficient (Wildman–Crippen LogP) is 1.37. The number of halogens is 1. The fourth-order valence-electron chi connectivity index (χ4n) is 2.21. The van der Waals surface area contributed by atoms with E-state index in [9.17, 15) is 8.42 Å². The van der Waals surface area contributed by atoms with Crippen LogP contribution < -0.4 is 10.5 Å². The molecule has 1 aromatic carbocycles. The van der Waals surface area contributed by atoms with Crippen LogP contribution in [0.3, 0.4) is 0 Å². The molecule has 0 amide bonds. The monoisotopic (exact) mass is 299 g/mol. The SMILES string of the molecule is N#Cc1ccc(Cl)cc1S(=O)(=O)NC1CCCC1N. The van der Waals surface area contributed by atoms with Gasteiger partial charge in [-0.2, -0.15) is 5.26 Å². The van der Waals surface area contributed by atoms with Gasteiger partial charge in [0.15, 0.2) is 0 Å². The number of hydrogen-bond acceptors (Lipinski definition) is 4. The zero-order chi connectivity index (χ0) is 14.0. The summed E-state index contributed by atoms with van der Waals surface area (Å²) in [5.41, 5.74) is 5.92. The lowest BCUT2D eigenvalue weighted by Crippen LogP contribution is -2.44. The van der Waals surface area contributed by atoms with E-state index in [4.69, 9.17) is 22.6 Å². The van der Waals surface area contributed by atoms with Gasteiger partial charge in [0.1, 0.15) is 11.0 Å². The lowest BCUT2D eigenvalue weighted by Gasteiger charge is -2.17. The Bertz CT molecular complexity index is 624. The zero-order valence-corrected chi connectivity index (χ0v) is 11.7. The molecule has 1 saturated carbocycles. The number of hydrogen-bond donors (Lipinski definition) is 2. The van der Waals surface area contributed by atoms with Crippen molar-refractivity contribution >= 4 is 21.6 Å². The lowest BCUT2D eigenvalue weighted by molar-refractivity contribution is 0.522. The number of rotatable bonds is 3. The maximum absolute atomic E-state index is 12.3. The Morgan fingerprint density at radius 1 is 1.42 bits per heavy atom. The van der Waals surface area contributed by atoms with E-state index >= 15 is 0 Å². The largest absolute Gasteiger partial charge is 0.326 e. The Balaban J connectivity index is 2.34. The number of nitrogens with zero attached hydrogens (tertiary/aromatic N) is 1. The standard InChI is InChI=1S/C12H14ClN3O2S/c13-9-5-4-8(7-14)12(6-9)19(17,18)16-11-3-1-2-10(11)15/h4-6,10-11,16H,1-3,15H2.